The molecule has 0 bridgehead atoms. The first-order valence-corrected chi connectivity index (χ1v) is 7.70. The van der Waals surface area contributed by atoms with E-state index in [1.807, 2.05) is 32.9 Å². The van der Waals surface area contributed by atoms with Crippen molar-refractivity contribution in [1.29, 1.82) is 0 Å². The van der Waals surface area contributed by atoms with Crippen LogP contribution in [0.15, 0.2) is 24.3 Å². The second kappa shape index (κ2) is 6.97. The van der Waals surface area contributed by atoms with Gasteiger partial charge in [0.05, 0.1) is 13.2 Å². The molecule has 120 valence electrons. The van der Waals surface area contributed by atoms with Crippen molar-refractivity contribution in [3.05, 3.63) is 35.4 Å². The molecule has 0 aromatic heterocycles. The number of carbonyl (C=O) groups is 1. The third-order valence-electron chi connectivity index (χ3n) is 3.45. The molecule has 1 aromatic carbocycles. The van der Waals surface area contributed by atoms with E-state index < -0.39 is 5.60 Å². The Labute approximate surface area is 132 Å². The molecular weight excluding hydrogens is 278 g/mol. The molecule has 0 atom stereocenters. The van der Waals surface area contributed by atoms with Crippen molar-refractivity contribution in [2.24, 2.45) is 0 Å². The molecule has 1 saturated heterocycles. The number of hydrogen-bond donors (Lipinski definition) is 0. The third-order valence-corrected chi connectivity index (χ3v) is 3.45. The van der Waals surface area contributed by atoms with E-state index in [1.165, 1.54) is 6.08 Å². The van der Waals surface area contributed by atoms with Gasteiger partial charge in [-0.2, -0.15) is 0 Å². The molecular formula is C18H25NO3. The van der Waals surface area contributed by atoms with Crippen LogP contribution in [0, 0.1) is 6.92 Å². The highest BCUT2D eigenvalue weighted by Crippen LogP contribution is 2.26. The summed E-state index contributed by atoms with van der Waals surface area (Å²) < 4.78 is 10.7. The van der Waals surface area contributed by atoms with Crippen LogP contribution < -0.4 is 4.90 Å². The average Bonchev–Trinajstić information content (AvgIpc) is 2.45. The zero-order chi connectivity index (χ0) is 16.2. The Morgan fingerprint density at radius 1 is 1.27 bits per heavy atom. The Balaban J connectivity index is 2.20. The minimum Gasteiger partial charge on any atom is -0.457 e. The average molecular weight is 303 g/mol. The zero-order valence-corrected chi connectivity index (χ0v) is 13.9. The van der Waals surface area contributed by atoms with Crippen LogP contribution in [0.2, 0.25) is 0 Å². The van der Waals surface area contributed by atoms with Crippen LogP contribution >= 0.6 is 0 Å². The Morgan fingerprint density at radius 3 is 2.59 bits per heavy atom. The second-order valence-electron chi connectivity index (χ2n) is 6.47. The van der Waals surface area contributed by atoms with Gasteiger partial charge in [-0.05, 0) is 45.4 Å². The van der Waals surface area contributed by atoms with Gasteiger partial charge in [0.1, 0.15) is 5.60 Å². The standard InChI is InChI=1S/C18H25NO3/c1-14-6-5-7-16(19-10-12-21-13-11-19)15(14)8-9-17(20)22-18(2,3)4/h5-9H,10-13H2,1-4H3/b9-8+. The molecule has 0 aliphatic carbocycles. The van der Waals surface area contributed by atoms with E-state index in [-0.39, 0.29) is 5.97 Å². The molecule has 0 unspecified atom stereocenters. The first-order chi connectivity index (χ1) is 10.4. The van der Waals surface area contributed by atoms with Gasteiger partial charge in [0.25, 0.3) is 0 Å². The number of aryl methyl sites for hydroxylation is 1. The van der Waals surface area contributed by atoms with Gasteiger partial charge < -0.3 is 14.4 Å². The van der Waals surface area contributed by atoms with E-state index in [1.54, 1.807) is 0 Å². The molecule has 0 radical (unpaired) electrons. The molecule has 1 aliphatic rings. The van der Waals surface area contributed by atoms with Crippen LogP contribution in [0.1, 0.15) is 31.9 Å². The minimum atomic E-state index is -0.472. The van der Waals surface area contributed by atoms with Crippen molar-refractivity contribution in [1.82, 2.24) is 0 Å². The normalized spacial score (nSPS) is 16.1. The summed E-state index contributed by atoms with van der Waals surface area (Å²) in [7, 11) is 0. The molecule has 4 heteroatoms. The number of esters is 1. The third kappa shape index (κ3) is 4.60. The van der Waals surface area contributed by atoms with Crippen LogP contribution in [-0.4, -0.2) is 37.9 Å². The molecule has 0 spiro atoms. The number of nitrogens with zero attached hydrogens (tertiary/aromatic N) is 1. The maximum Gasteiger partial charge on any atom is 0.331 e. The Bertz CT molecular complexity index is 552. The molecule has 22 heavy (non-hydrogen) atoms. The molecule has 4 nitrogen and oxygen atoms in total. The molecule has 0 N–H and O–H groups in total. The molecule has 1 aromatic rings. The fourth-order valence-electron chi connectivity index (χ4n) is 2.45. The van der Waals surface area contributed by atoms with Crippen molar-refractivity contribution in [3.63, 3.8) is 0 Å². The summed E-state index contributed by atoms with van der Waals surface area (Å²) in [6, 6.07) is 6.19. The fraction of sp³-hybridized carbons (Fsp3) is 0.500. The monoisotopic (exact) mass is 303 g/mol. The Kier molecular flexibility index (Phi) is 5.24. The first kappa shape index (κ1) is 16.6. The maximum absolute atomic E-state index is 11.9. The Morgan fingerprint density at radius 2 is 1.95 bits per heavy atom. The van der Waals surface area contributed by atoms with E-state index in [2.05, 4.69) is 24.0 Å². The highest BCUT2D eigenvalue weighted by atomic mass is 16.6. The molecule has 2 rings (SSSR count). The zero-order valence-electron chi connectivity index (χ0n) is 13.9. The van der Waals surface area contributed by atoms with Gasteiger partial charge in [0, 0.05) is 30.4 Å². The predicted molar refractivity (Wildman–Crippen MR) is 89.1 cm³/mol. The van der Waals surface area contributed by atoms with Crippen molar-refractivity contribution in [3.8, 4) is 0 Å². The summed E-state index contributed by atoms with van der Waals surface area (Å²) in [5, 5.41) is 0. The van der Waals surface area contributed by atoms with Crippen LogP contribution in [0.3, 0.4) is 0 Å². The van der Waals surface area contributed by atoms with E-state index in [9.17, 15) is 4.79 Å². The lowest BCUT2D eigenvalue weighted by atomic mass is 10.0. The molecule has 1 heterocycles. The summed E-state index contributed by atoms with van der Waals surface area (Å²) in [6.45, 7) is 10.9. The van der Waals surface area contributed by atoms with E-state index in [0.717, 1.165) is 43.1 Å². The van der Waals surface area contributed by atoms with Crippen molar-refractivity contribution in [2.75, 3.05) is 31.2 Å². The van der Waals surface area contributed by atoms with Crippen molar-refractivity contribution < 1.29 is 14.3 Å². The number of morpholine rings is 1. The highest BCUT2D eigenvalue weighted by molar-refractivity contribution is 5.89. The fourth-order valence-corrected chi connectivity index (χ4v) is 2.45. The second-order valence-corrected chi connectivity index (χ2v) is 6.47. The number of ether oxygens (including phenoxy) is 2. The van der Waals surface area contributed by atoms with Gasteiger partial charge in [0.2, 0.25) is 0 Å². The number of benzene rings is 1. The van der Waals surface area contributed by atoms with Gasteiger partial charge >= 0.3 is 5.97 Å². The Hall–Kier alpha value is -1.81. The number of rotatable bonds is 3. The van der Waals surface area contributed by atoms with Gasteiger partial charge in [-0.15, -0.1) is 0 Å². The van der Waals surface area contributed by atoms with Crippen LogP contribution in [-0.2, 0) is 14.3 Å². The van der Waals surface area contributed by atoms with E-state index in [0.29, 0.717) is 0 Å². The van der Waals surface area contributed by atoms with E-state index >= 15 is 0 Å². The lowest BCUT2D eigenvalue weighted by molar-refractivity contribution is -0.148. The number of hydrogen-bond acceptors (Lipinski definition) is 4. The summed E-state index contributed by atoms with van der Waals surface area (Å²) >= 11 is 0. The highest BCUT2D eigenvalue weighted by Gasteiger charge is 2.16. The van der Waals surface area contributed by atoms with Crippen LogP contribution in [0.25, 0.3) is 6.08 Å². The van der Waals surface area contributed by atoms with Crippen molar-refractivity contribution >= 4 is 17.7 Å². The SMILES string of the molecule is Cc1cccc(N2CCOCC2)c1/C=C/C(=O)OC(C)(C)C. The van der Waals surface area contributed by atoms with Gasteiger partial charge in [-0.3, -0.25) is 0 Å². The smallest absolute Gasteiger partial charge is 0.331 e. The van der Waals surface area contributed by atoms with Crippen molar-refractivity contribution in [2.45, 2.75) is 33.3 Å². The largest absolute Gasteiger partial charge is 0.457 e. The topological polar surface area (TPSA) is 38.8 Å². The predicted octanol–water partition coefficient (Wildman–Crippen LogP) is 3.19. The van der Waals surface area contributed by atoms with Gasteiger partial charge in [-0.25, -0.2) is 4.79 Å². The quantitative estimate of drug-likeness (QED) is 0.635. The summed E-state index contributed by atoms with van der Waals surface area (Å²) in [6.07, 6.45) is 3.37. The maximum atomic E-state index is 11.9. The lowest BCUT2D eigenvalue weighted by Crippen LogP contribution is -2.36. The van der Waals surface area contributed by atoms with Gasteiger partial charge in [0.15, 0.2) is 0 Å². The summed E-state index contributed by atoms with van der Waals surface area (Å²) in [4.78, 5) is 14.2. The molecule has 1 aliphatic heterocycles. The van der Waals surface area contributed by atoms with Gasteiger partial charge in [-0.1, -0.05) is 12.1 Å². The molecule has 0 saturated carbocycles. The van der Waals surface area contributed by atoms with Crippen LogP contribution in [0.4, 0.5) is 5.69 Å². The first-order valence-electron chi connectivity index (χ1n) is 7.70. The van der Waals surface area contributed by atoms with E-state index in [4.69, 9.17) is 9.47 Å². The van der Waals surface area contributed by atoms with Crippen LogP contribution in [0.5, 0.6) is 0 Å². The molecule has 1 fully saturated rings. The summed E-state index contributed by atoms with van der Waals surface area (Å²) in [5.74, 6) is -0.316. The number of carbonyl (C=O) groups excluding carboxylic acids is 1. The lowest BCUT2D eigenvalue weighted by Gasteiger charge is -2.30. The summed E-state index contributed by atoms with van der Waals surface area (Å²) in [5.41, 5.74) is 2.88. The number of anilines is 1. The minimum absolute atomic E-state index is 0.316. The molecule has 0 amide bonds.